The molecule has 0 radical (unpaired) electrons. The molecule has 0 saturated carbocycles. The molecule has 162 valence electrons. The molecule has 0 N–H and O–H groups in total. The van der Waals surface area contributed by atoms with Crippen molar-refractivity contribution >= 4 is 27.3 Å². The second kappa shape index (κ2) is 9.57. The maximum Gasteiger partial charge on any atom is 0.273 e. The summed E-state index contributed by atoms with van der Waals surface area (Å²) in [5.41, 5.74) is 0.287. The topological polar surface area (TPSA) is 110 Å². The highest BCUT2D eigenvalue weighted by Crippen LogP contribution is 2.29. The molecule has 2 aromatic carbocycles. The van der Waals surface area contributed by atoms with Crippen LogP contribution in [0.4, 0.5) is 11.4 Å². The highest BCUT2D eigenvalue weighted by atomic mass is 32.2. The monoisotopic (exact) mass is 435 g/mol. The summed E-state index contributed by atoms with van der Waals surface area (Å²) in [4.78, 5) is 24.6. The SMILES string of the molecule is CCN(CC)C(=O)CN(c1ccc(OC)cc1)S(=O)(=O)c1ccc(C)c([N+](=O)[O-])c1. The van der Waals surface area contributed by atoms with Crippen LogP contribution in [-0.2, 0) is 14.8 Å². The van der Waals surface area contributed by atoms with Gasteiger partial charge in [0.1, 0.15) is 12.3 Å². The molecule has 0 bridgehead atoms. The van der Waals surface area contributed by atoms with Crippen LogP contribution < -0.4 is 9.04 Å². The third kappa shape index (κ3) is 4.88. The first-order valence-corrected chi connectivity index (χ1v) is 10.8. The smallest absolute Gasteiger partial charge is 0.273 e. The van der Waals surface area contributed by atoms with Gasteiger partial charge in [-0.1, -0.05) is 6.07 Å². The summed E-state index contributed by atoms with van der Waals surface area (Å²) in [6.07, 6.45) is 0. The Bertz CT molecular complexity index is 1020. The lowest BCUT2D eigenvalue weighted by Crippen LogP contribution is -2.43. The summed E-state index contributed by atoms with van der Waals surface area (Å²) < 4.78 is 32.9. The molecule has 10 heteroatoms. The van der Waals surface area contributed by atoms with Crippen molar-refractivity contribution in [3.8, 4) is 5.75 Å². The number of carbonyl (C=O) groups excluding carboxylic acids is 1. The number of carbonyl (C=O) groups is 1. The van der Waals surface area contributed by atoms with Crippen LogP contribution >= 0.6 is 0 Å². The number of nitro benzene ring substituents is 1. The number of sulfonamides is 1. The van der Waals surface area contributed by atoms with Gasteiger partial charge < -0.3 is 9.64 Å². The van der Waals surface area contributed by atoms with Gasteiger partial charge in [0.2, 0.25) is 5.91 Å². The number of ether oxygens (including phenoxy) is 1. The quantitative estimate of drug-likeness (QED) is 0.442. The number of methoxy groups -OCH3 is 1. The van der Waals surface area contributed by atoms with Gasteiger partial charge in [-0.2, -0.15) is 0 Å². The van der Waals surface area contributed by atoms with E-state index in [0.29, 0.717) is 24.4 Å². The molecule has 0 aromatic heterocycles. The molecule has 30 heavy (non-hydrogen) atoms. The van der Waals surface area contributed by atoms with E-state index in [1.54, 1.807) is 26.0 Å². The molecule has 0 unspecified atom stereocenters. The lowest BCUT2D eigenvalue weighted by Gasteiger charge is -2.27. The van der Waals surface area contributed by atoms with E-state index in [9.17, 15) is 23.3 Å². The van der Waals surface area contributed by atoms with Crippen LogP contribution in [0.1, 0.15) is 19.4 Å². The van der Waals surface area contributed by atoms with Crippen molar-refractivity contribution in [2.75, 3.05) is 31.0 Å². The number of nitrogens with zero attached hydrogens (tertiary/aromatic N) is 3. The van der Waals surface area contributed by atoms with E-state index in [2.05, 4.69) is 0 Å². The maximum absolute atomic E-state index is 13.4. The molecule has 0 aliphatic rings. The van der Waals surface area contributed by atoms with Gasteiger partial charge in [-0.15, -0.1) is 0 Å². The first kappa shape index (κ1) is 23.1. The first-order valence-electron chi connectivity index (χ1n) is 9.35. The predicted molar refractivity (Wildman–Crippen MR) is 113 cm³/mol. The molecule has 0 atom stereocenters. The summed E-state index contributed by atoms with van der Waals surface area (Å²) in [5, 5.41) is 11.3. The Morgan fingerprint density at radius 1 is 1.10 bits per heavy atom. The Labute approximate surface area is 176 Å². The van der Waals surface area contributed by atoms with E-state index < -0.39 is 21.5 Å². The number of likely N-dealkylation sites (N-methyl/N-ethyl adjacent to an activating group) is 1. The molecule has 0 spiro atoms. The molecule has 0 saturated heterocycles. The van der Waals surface area contributed by atoms with Crippen LogP contribution in [-0.4, -0.2) is 50.9 Å². The highest BCUT2D eigenvalue weighted by molar-refractivity contribution is 7.92. The number of rotatable bonds is 9. The number of amides is 1. The van der Waals surface area contributed by atoms with Gasteiger partial charge in [-0.3, -0.25) is 19.2 Å². The summed E-state index contributed by atoms with van der Waals surface area (Å²) in [5.74, 6) is 0.151. The fraction of sp³-hybridized carbons (Fsp3) is 0.350. The van der Waals surface area contributed by atoms with E-state index in [1.165, 1.54) is 43.2 Å². The minimum atomic E-state index is -4.25. The van der Waals surface area contributed by atoms with Gasteiger partial charge in [0.05, 0.1) is 22.6 Å². The minimum absolute atomic E-state index is 0.250. The van der Waals surface area contributed by atoms with E-state index in [-0.39, 0.29) is 22.2 Å². The first-order chi connectivity index (χ1) is 14.1. The molecular weight excluding hydrogens is 410 g/mol. The fourth-order valence-electron chi connectivity index (χ4n) is 2.94. The zero-order valence-corrected chi connectivity index (χ0v) is 18.2. The zero-order valence-electron chi connectivity index (χ0n) is 17.4. The Kier molecular flexibility index (Phi) is 7.38. The normalized spacial score (nSPS) is 11.1. The number of nitro groups is 1. The molecular formula is C20H25N3O6S. The Hall–Kier alpha value is -3.14. The second-order valence-electron chi connectivity index (χ2n) is 6.48. The third-order valence-corrected chi connectivity index (χ3v) is 6.49. The summed E-state index contributed by atoms with van der Waals surface area (Å²) >= 11 is 0. The highest BCUT2D eigenvalue weighted by Gasteiger charge is 2.30. The van der Waals surface area contributed by atoms with Gasteiger partial charge in [-0.25, -0.2) is 8.42 Å². The number of aryl methyl sites for hydroxylation is 1. The molecule has 1 amide bonds. The van der Waals surface area contributed by atoms with Gasteiger partial charge in [0, 0.05) is 24.7 Å². The standard InChI is InChI=1S/C20H25N3O6S/c1-5-21(6-2)20(24)14-22(16-8-10-17(29-4)11-9-16)30(27,28)18-12-7-15(3)19(13-18)23(25)26/h7-13H,5-6,14H2,1-4H3. The second-order valence-corrected chi connectivity index (χ2v) is 8.34. The van der Waals surface area contributed by atoms with E-state index in [4.69, 9.17) is 4.74 Å². The van der Waals surface area contributed by atoms with E-state index in [0.717, 1.165) is 10.4 Å². The van der Waals surface area contributed by atoms with Crippen molar-refractivity contribution < 1.29 is 22.9 Å². The predicted octanol–water partition coefficient (Wildman–Crippen LogP) is 2.98. The van der Waals surface area contributed by atoms with Crippen LogP contribution in [0.15, 0.2) is 47.4 Å². The van der Waals surface area contributed by atoms with Gasteiger partial charge in [0.15, 0.2) is 0 Å². The molecule has 0 aliphatic carbocycles. The molecule has 9 nitrogen and oxygen atoms in total. The van der Waals surface area contributed by atoms with Crippen molar-refractivity contribution in [3.63, 3.8) is 0 Å². The van der Waals surface area contributed by atoms with Crippen molar-refractivity contribution in [1.82, 2.24) is 4.90 Å². The molecule has 2 aromatic rings. The molecule has 0 heterocycles. The Balaban J connectivity index is 2.57. The average Bonchev–Trinajstić information content (AvgIpc) is 2.72. The third-order valence-electron chi connectivity index (χ3n) is 4.72. The number of anilines is 1. The molecule has 0 fully saturated rings. The maximum atomic E-state index is 13.4. The Morgan fingerprint density at radius 3 is 2.20 bits per heavy atom. The van der Waals surface area contributed by atoms with E-state index >= 15 is 0 Å². The number of hydrogen-bond donors (Lipinski definition) is 0. The van der Waals surface area contributed by atoms with Crippen LogP contribution in [0.3, 0.4) is 0 Å². The van der Waals surface area contributed by atoms with Crippen molar-refractivity contribution in [3.05, 3.63) is 58.1 Å². The van der Waals surface area contributed by atoms with Crippen molar-refractivity contribution in [2.45, 2.75) is 25.7 Å². The van der Waals surface area contributed by atoms with Crippen LogP contribution in [0.5, 0.6) is 5.75 Å². The fourth-order valence-corrected chi connectivity index (χ4v) is 4.37. The van der Waals surface area contributed by atoms with Gasteiger partial charge >= 0.3 is 0 Å². The molecule has 0 aliphatic heterocycles. The summed E-state index contributed by atoms with van der Waals surface area (Å²) in [6, 6.07) is 9.90. The average molecular weight is 436 g/mol. The number of benzene rings is 2. The summed E-state index contributed by atoms with van der Waals surface area (Å²) in [7, 11) is -2.77. The van der Waals surface area contributed by atoms with Crippen LogP contribution in [0.2, 0.25) is 0 Å². The van der Waals surface area contributed by atoms with Crippen molar-refractivity contribution in [1.29, 1.82) is 0 Å². The molecule has 2 rings (SSSR count). The van der Waals surface area contributed by atoms with Crippen LogP contribution in [0, 0.1) is 17.0 Å². The lowest BCUT2D eigenvalue weighted by atomic mass is 10.2. The van der Waals surface area contributed by atoms with E-state index in [1.807, 2.05) is 0 Å². The van der Waals surface area contributed by atoms with Crippen molar-refractivity contribution in [2.24, 2.45) is 0 Å². The van der Waals surface area contributed by atoms with Gasteiger partial charge in [-0.05, 0) is 51.1 Å². The summed E-state index contributed by atoms with van der Waals surface area (Å²) in [6.45, 7) is 5.56. The number of hydrogen-bond acceptors (Lipinski definition) is 6. The lowest BCUT2D eigenvalue weighted by molar-refractivity contribution is -0.385. The zero-order chi connectivity index (χ0) is 22.5. The van der Waals surface area contributed by atoms with Gasteiger partial charge in [0.25, 0.3) is 15.7 Å². The largest absolute Gasteiger partial charge is 0.497 e. The van der Waals surface area contributed by atoms with Crippen LogP contribution in [0.25, 0.3) is 0 Å². The minimum Gasteiger partial charge on any atom is -0.497 e. The Morgan fingerprint density at radius 2 is 1.70 bits per heavy atom.